The molecular formula is C12H13F2O. The van der Waals surface area contributed by atoms with Crippen LogP contribution >= 0.6 is 0 Å². The van der Waals surface area contributed by atoms with Crippen molar-refractivity contribution < 1.29 is 13.5 Å². The first-order chi connectivity index (χ1) is 7.02. The first-order valence-corrected chi connectivity index (χ1v) is 4.66. The minimum Gasteiger partial charge on any atom is -0.435 e. The lowest BCUT2D eigenvalue weighted by atomic mass is 10.0. The first kappa shape index (κ1) is 11.7. The Labute approximate surface area is 88.4 Å². The molecule has 1 radical (unpaired) electrons. The van der Waals surface area contributed by atoms with Crippen LogP contribution in [-0.2, 0) is 0 Å². The van der Waals surface area contributed by atoms with Gasteiger partial charge >= 0.3 is 6.61 Å². The molecule has 81 valence electrons. The van der Waals surface area contributed by atoms with Crippen molar-refractivity contribution in [3.8, 4) is 5.75 Å². The van der Waals surface area contributed by atoms with Gasteiger partial charge in [0, 0.05) is 0 Å². The number of benzene rings is 1. The zero-order valence-electron chi connectivity index (χ0n) is 8.76. The fraction of sp³-hybridized carbons (Fsp3) is 0.333. The maximum absolute atomic E-state index is 12.0. The number of halogens is 2. The van der Waals surface area contributed by atoms with Gasteiger partial charge < -0.3 is 4.74 Å². The zero-order chi connectivity index (χ0) is 11.4. The molecule has 1 aromatic rings. The van der Waals surface area contributed by atoms with E-state index in [0.717, 1.165) is 5.56 Å². The Morgan fingerprint density at radius 1 is 1.27 bits per heavy atom. The molecule has 0 spiro atoms. The van der Waals surface area contributed by atoms with Gasteiger partial charge in [-0.3, -0.25) is 0 Å². The van der Waals surface area contributed by atoms with Crippen LogP contribution in [-0.4, -0.2) is 6.61 Å². The fourth-order valence-electron chi connectivity index (χ4n) is 1.23. The van der Waals surface area contributed by atoms with E-state index in [1.807, 2.05) is 19.9 Å². The second-order valence-corrected chi connectivity index (χ2v) is 3.50. The third-order valence-corrected chi connectivity index (χ3v) is 2.02. The summed E-state index contributed by atoms with van der Waals surface area (Å²) < 4.78 is 28.4. The number of hydrogen-bond acceptors (Lipinski definition) is 1. The van der Waals surface area contributed by atoms with Crippen LogP contribution in [0.2, 0.25) is 0 Å². The van der Waals surface area contributed by atoms with Crippen molar-refractivity contribution >= 4 is 0 Å². The molecule has 0 amide bonds. The SMILES string of the molecule is C=[C]c1cc(OC(F)F)cc(C(C)C)c1. The number of ether oxygens (including phenoxy) is 1. The van der Waals surface area contributed by atoms with Gasteiger partial charge in [0.25, 0.3) is 0 Å². The standard InChI is InChI=1S/C12H13F2O/c1-4-9-5-10(8(2)3)7-11(6-9)15-12(13)14/h5-8,12H,1H2,2-3H3. The predicted molar refractivity (Wildman–Crippen MR) is 55.1 cm³/mol. The number of alkyl halides is 2. The molecule has 0 bridgehead atoms. The van der Waals surface area contributed by atoms with Crippen LogP contribution < -0.4 is 4.74 Å². The highest BCUT2D eigenvalue weighted by atomic mass is 19.3. The summed E-state index contributed by atoms with van der Waals surface area (Å²) >= 11 is 0. The van der Waals surface area contributed by atoms with Gasteiger partial charge in [-0.25, -0.2) is 0 Å². The van der Waals surface area contributed by atoms with Crippen molar-refractivity contribution in [2.24, 2.45) is 0 Å². The van der Waals surface area contributed by atoms with Crippen LogP contribution in [0.5, 0.6) is 5.75 Å². The summed E-state index contributed by atoms with van der Waals surface area (Å²) in [5.41, 5.74) is 1.59. The van der Waals surface area contributed by atoms with Gasteiger partial charge in [0.2, 0.25) is 0 Å². The summed E-state index contributed by atoms with van der Waals surface area (Å²) in [6.45, 7) is 4.64. The minimum atomic E-state index is -2.80. The van der Waals surface area contributed by atoms with Gasteiger partial charge in [0.1, 0.15) is 5.75 Å². The molecule has 0 aliphatic carbocycles. The second kappa shape index (κ2) is 4.91. The molecule has 0 aliphatic heterocycles. The average molecular weight is 211 g/mol. The van der Waals surface area contributed by atoms with Gasteiger partial charge in [-0.05, 0) is 35.3 Å². The molecule has 0 N–H and O–H groups in total. The maximum Gasteiger partial charge on any atom is 0.387 e. The van der Waals surface area contributed by atoms with E-state index in [4.69, 9.17) is 0 Å². The second-order valence-electron chi connectivity index (χ2n) is 3.50. The first-order valence-electron chi connectivity index (χ1n) is 4.66. The summed E-state index contributed by atoms with van der Waals surface area (Å²) in [5, 5.41) is 0. The van der Waals surface area contributed by atoms with Crippen molar-refractivity contribution in [1.29, 1.82) is 0 Å². The Morgan fingerprint density at radius 2 is 1.93 bits per heavy atom. The van der Waals surface area contributed by atoms with Gasteiger partial charge in [-0.2, -0.15) is 8.78 Å². The van der Waals surface area contributed by atoms with Gasteiger partial charge in [-0.1, -0.05) is 26.5 Å². The normalized spacial score (nSPS) is 10.8. The summed E-state index contributed by atoms with van der Waals surface area (Å²) in [6.07, 6.45) is 2.66. The molecule has 1 aromatic carbocycles. The molecule has 0 aliphatic rings. The largest absolute Gasteiger partial charge is 0.435 e. The van der Waals surface area contributed by atoms with Crippen LogP contribution in [0.1, 0.15) is 30.9 Å². The monoisotopic (exact) mass is 211 g/mol. The van der Waals surface area contributed by atoms with Crippen LogP contribution in [0.3, 0.4) is 0 Å². The molecular weight excluding hydrogens is 198 g/mol. The molecule has 3 heteroatoms. The summed E-state index contributed by atoms with van der Waals surface area (Å²) in [7, 11) is 0. The third-order valence-electron chi connectivity index (χ3n) is 2.02. The lowest BCUT2D eigenvalue weighted by Gasteiger charge is -2.10. The van der Waals surface area contributed by atoms with E-state index in [9.17, 15) is 8.78 Å². The van der Waals surface area contributed by atoms with Crippen molar-refractivity contribution in [1.82, 2.24) is 0 Å². The number of rotatable bonds is 4. The van der Waals surface area contributed by atoms with Crippen molar-refractivity contribution in [2.75, 3.05) is 0 Å². The third kappa shape index (κ3) is 3.35. The average Bonchev–Trinajstić information content (AvgIpc) is 2.16. The maximum atomic E-state index is 12.0. The molecule has 15 heavy (non-hydrogen) atoms. The van der Waals surface area contributed by atoms with Crippen molar-refractivity contribution in [3.05, 3.63) is 42.0 Å². The smallest absolute Gasteiger partial charge is 0.387 e. The molecule has 0 saturated heterocycles. The van der Waals surface area contributed by atoms with E-state index in [2.05, 4.69) is 17.4 Å². The summed E-state index contributed by atoms with van der Waals surface area (Å²) in [4.78, 5) is 0. The molecule has 0 fully saturated rings. The molecule has 0 aromatic heterocycles. The zero-order valence-corrected chi connectivity index (χ0v) is 8.76. The quantitative estimate of drug-likeness (QED) is 0.737. The Bertz CT molecular complexity index is 345. The molecule has 0 heterocycles. The molecule has 0 atom stereocenters. The topological polar surface area (TPSA) is 9.23 Å². The van der Waals surface area contributed by atoms with Gasteiger partial charge in [-0.15, -0.1) is 0 Å². The van der Waals surface area contributed by atoms with Crippen molar-refractivity contribution in [3.63, 3.8) is 0 Å². The van der Waals surface area contributed by atoms with Gasteiger partial charge in [0.15, 0.2) is 0 Å². The highest BCUT2D eigenvalue weighted by molar-refractivity contribution is 5.38. The molecule has 1 nitrogen and oxygen atoms in total. The van der Waals surface area contributed by atoms with E-state index < -0.39 is 6.61 Å². The number of hydrogen-bond donors (Lipinski definition) is 0. The highest BCUT2D eigenvalue weighted by Crippen LogP contribution is 2.24. The Balaban J connectivity index is 3.05. The fourth-order valence-corrected chi connectivity index (χ4v) is 1.23. The van der Waals surface area contributed by atoms with E-state index in [1.165, 1.54) is 6.07 Å². The van der Waals surface area contributed by atoms with E-state index >= 15 is 0 Å². The van der Waals surface area contributed by atoms with E-state index in [0.29, 0.717) is 5.56 Å². The van der Waals surface area contributed by atoms with Crippen LogP contribution in [0.15, 0.2) is 24.8 Å². The Kier molecular flexibility index (Phi) is 3.83. The lowest BCUT2D eigenvalue weighted by molar-refractivity contribution is -0.0499. The summed E-state index contributed by atoms with van der Waals surface area (Å²) in [5.74, 6) is 0.403. The van der Waals surface area contributed by atoms with Gasteiger partial charge in [0.05, 0.1) is 0 Å². The van der Waals surface area contributed by atoms with E-state index in [1.54, 1.807) is 6.07 Å². The van der Waals surface area contributed by atoms with Crippen LogP contribution in [0.4, 0.5) is 8.78 Å². The van der Waals surface area contributed by atoms with Crippen LogP contribution in [0.25, 0.3) is 0 Å². The van der Waals surface area contributed by atoms with Crippen molar-refractivity contribution in [2.45, 2.75) is 26.4 Å². The highest BCUT2D eigenvalue weighted by Gasteiger charge is 2.08. The molecule has 0 unspecified atom stereocenters. The Morgan fingerprint density at radius 3 is 2.40 bits per heavy atom. The predicted octanol–water partition coefficient (Wildman–Crippen LogP) is 3.75. The lowest BCUT2D eigenvalue weighted by Crippen LogP contribution is -2.03. The van der Waals surface area contributed by atoms with Crippen LogP contribution in [0, 0.1) is 6.08 Å². The Hall–Kier alpha value is -1.38. The summed E-state index contributed by atoms with van der Waals surface area (Å²) in [6, 6.07) is 4.96. The minimum absolute atomic E-state index is 0.155. The molecule has 0 saturated carbocycles. The van der Waals surface area contributed by atoms with E-state index in [-0.39, 0.29) is 11.7 Å². The molecule has 1 rings (SSSR count).